The quantitative estimate of drug-likeness (QED) is 0.564. The molecule has 0 nitrogen and oxygen atoms in total. The van der Waals surface area contributed by atoms with Crippen molar-refractivity contribution in [3.8, 4) is 0 Å². The van der Waals surface area contributed by atoms with Gasteiger partial charge < -0.3 is 0 Å². The molecular formula is C13H28. The fraction of sp³-hybridized carbons (Fsp3) is 1.00. The summed E-state index contributed by atoms with van der Waals surface area (Å²) in [6, 6.07) is 0. The molecule has 0 aliphatic heterocycles. The van der Waals surface area contributed by atoms with E-state index in [1.807, 2.05) is 0 Å². The average molecular weight is 184 g/mol. The first-order chi connectivity index (χ1) is 6.24. The van der Waals surface area contributed by atoms with Crippen LogP contribution < -0.4 is 0 Å². The summed E-state index contributed by atoms with van der Waals surface area (Å²) in [5, 5.41) is 0. The topological polar surface area (TPSA) is 0 Å². The molecule has 1 aliphatic rings. The molecule has 0 heterocycles. The predicted octanol–water partition coefficient (Wildman–Crippen LogP) is 5.03. The average Bonchev–Trinajstić information content (AvgIpc) is 2.06. The summed E-state index contributed by atoms with van der Waals surface area (Å²) >= 11 is 0. The largest absolute Gasteiger partial charge is 0.0656 e. The molecule has 0 spiro atoms. The predicted molar refractivity (Wildman–Crippen MR) is 62.0 cm³/mol. The Kier molecular flexibility index (Phi) is 8.59. The summed E-state index contributed by atoms with van der Waals surface area (Å²) in [5.74, 6) is 2.10. The highest BCUT2D eigenvalue weighted by Gasteiger charge is 2.17. The lowest BCUT2D eigenvalue weighted by molar-refractivity contribution is 0.268. The molecule has 1 rings (SSSR count). The van der Waals surface area contributed by atoms with Crippen molar-refractivity contribution in [1.82, 2.24) is 0 Å². The smallest absolute Gasteiger partial charge is 0.0412 e. The lowest BCUT2D eigenvalue weighted by Gasteiger charge is -2.26. The fourth-order valence-electron chi connectivity index (χ4n) is 2.23. The summed E-state index contributed by atoms with van der Waals surface area (Å²) < 4.78 is 0. The minimum Gasteiger partial charge on any atom is -0.0656 e. The third-order valence-corrected chi connectivity index (χ3v) is 2.74. The van der Waals surface area contributed by atoms with Crippen LogP contribution >= 0.6 is 0 Å². The molecule has 0 aromatic rings. The summed E-state index contributed by atoms with van der Waals surface area (Å²) in [4.78, 5) is 0. The van der Waals surface area contributed by atoms with E-state index in [9.17, 15) is 0 Å². The van der Waals surface area contributed by atoms with Gasteiger partial charge >= 0.3 is 0 Å². The van der Waals surface area contributed by atoms with Gasteiger partial charge in [-0.15, -0.1) is 0 Å². The summed E-state index contributed by atoms with van der Waals surface area (Å²) in [6.07, 6.45) is 10.1. The van der Waals surface area contributed by atoms with Crippen LogP contribution in [-0.4, -0.2) is 0 Å². The van der Waals surface area contributed by atoms with Crippen LogP contribution in [0, 0.1) is 11.8 Å². The molecule has 13 heavy (non-hydrogen) atoms. The van der Waals surface area contributed by atoms with Gasteiger partial charge in [-0.3, -0.25) is 0 Å². The van der Waals surface area contributed by atoms with E-state index < -0.39 is 0 Å². The highest BCUT2D eigenvalue weighted by atomic mass is 14.2. The zero-order chi connectivity index (χ0) is 10.1. The van der Waals surface area contributed by atoms with Crippen molar-refractivity contribution in [2.45, 2.75) is 72.6 Å². The molecule has 0 amide bonds. The van der Waals surface area contributed by atoms with Gasteiger partial charge in [-0.05, 0) is 18.3 Å². The van der Waals surface area contributed by atoms with Gasteiger partial charge in [0, 0.05) is 0 Å². The van der Waals surface area contributed by atoms with E-state index in [-0.39, 0.29) is 0 Å². The number of rotatable bonds is 2. The van der Waals surface area contributed by atoms with Crippen LogP contribution in [0.15, 0.2) is 0 Å². The van der Waals surface area contributed by atoms with E-state index in [4.69, 9.17) is 0 Å². The number of hydrogen-bond donors (Lipinski definition) is 0. The first-order valence-corrected chi connectivity index (χ1v) is 6.24. The van der Waals surface area contributed by atoms with Crippen molar-refractivity contribution in [3.05, 3.63) is 0 Å². The van der Waals surface area contributed by atoms with E-state index >= 15 is 0 Å². The van der Waals surface area contributed by atoms with Gasteiger partial charge in [0.25, 0.3) is 0 Å². The third-order valence-electron chi connectivity index (χ3n) is 2.74. The molecule has 0 aromatic carbocycles. The molecule has 2 unspecified atom stereocenters. The Morgan fingerprint density at radius 1 is 1.08 bits per heavy atom. The van der Waals surface area contributed by atoms with Crippen molar-refractivity contribution in [2.24, 2.45) is 11.8 Å². The fourth-order valence-corrected chi connectivity index (χ4v) is 2.23. The molecular weight excluding hydrogens is 156 g/mol. The molecule has 0 heteroatoms. The summed E-state index contributed by atoms with van der Waals surface area (Å²) in [6.45, 7) is 8.96. The molecule has 0 N–H and O–H groups in total. The first kappa shape index (κ1) is 13.0. The van der Waals surface area contributed by atoms with Gasteiger partial charge in [0.05, 0.1) is 0 Å². The second kappa shape index (κ2) is 8.59. The van der Waals surface area contributed by atoms with E-state index in [0.29, 0.717) is 0 Å². The first-order valence-electron chi connectivity index (χ1n) is 6.24. The Morgan fingerprint density at radius 2 is 1.69 bits per heavy atom. The van der Waals surface area contributed by atoms with E-state index in [1.165, 1.54) is 44.9 Å². The molecule has 0 radical (unpaired) electrons. The maximum atomic E-state index is 2.40. The molecule has 1 fully saturated rings. The third kappa shape index (κ3) is 7.10. The zero-order valence-corrected chi connectivity index (χ0v) is 10.1. The Balaban J connectivity index is 0.000000424. The van der Waals surface area contributed by atoms with Gasteiger partial charge in [-0.1, -0.05) is 66.2 Å². The second-order valence-electron chi connectivity index (χ2n) is 4.63. The van der Waals surface area contributed by atoms with Crippen molar-refractivity contribution >= 4 is 0 Å². The van der Waals surface area contributed by atoms with Crippen LogP contribution in [0.3, 0.4) is 0 Å². The van der Waals surface area contributed by atoms with E-state index in [0.717, 1.165) is 11.8 Å². The van der Waals surface area contributed by atoms with E-state index in [1.54, 1.807) is 0 Å². The normalized spacial score (nSPS) is 27.7. The molecule has 80 valence electrons. The van der Waals surface area contributed by atoms with Crippen LogP contribution in [0.25, 0.3) is 0 Å². The monoisotopic (exact) mass is 184 g/mol. The second-order valence-corrected chi connectivity index (χ2v) is 4.63. The Hall–Kier alpha value is 0. The highest BCUT2D eigenvalue weighted by molar-refractivity contribution is 4.69. The lowest BCUT2D eigenvalue weighted by Crippen LogP contribution is -2.12. The van der Waals surface area contributed by atoms with Crippen molar-refractivity contribution in [2.75, 3.05) is 0 Å². The van der Waals surface area contributed by atoms with Crippen LogP contribution in [-0.2, 0) is 0 Å². The summed E-state index contributed by atoms with van der Waals surface area (Å²) in [5.41, 5.74) is 0. The Bertz CT molecular complexity index is 94.2. The van der Waals surface area contributed by atoms with Gasteiger partial charge in [0.1, 0.15) is 0 Å². The number of hydrogen-bond acceptors (Lipinski definition) is 0. The molecule has 0 bridgehead atoms. The minimum atomic E-state index is 1.02. The van der Waals surface area contributed by atoms with Crippen LogP contribution in [0.4, 0.5) is 0 Å². The maximum Gasteiger partial charge on any atom is -0.0412 e. The van der Waals surface area contributed by atoms with Gasteiger partial charge in [0.15, 0.2) is 0 Å². The van der Waals surface area contributed by atoms with Crippen molar-refractivity contribution < 1.29 is 0 Å². The zero-order valence-electron chi connectivity index (χ0n) is 10.1. The molecule has 1 saturated carbocycles. The molecule has 0 aromatic heterocycles. The van der Waals surface area contributed by atoms with Gasteiger partial charge in [-0.25, -0.2) is 0 Å². The Labute approximate surface area is 85.1 Å². The SMILES string of the molecule is CCC.CCCC1CCCC(C)C1. The van der Waals surface area contributed by atoms with Crippen LogP contribution in [0.2, 0.25) is 0 Å². The van der Waals surface area contributed by atoms with E-state index in [2.05, 4.69) is 27.7 Å². The van der Waals surface area contributed by atoms with Crippen molar-refractivity contribution in [3.63, 3.8) is 0 Å². The minimum absolute atomic E-state index is 1.02. The molecule has 2 atom stereocenters. The van der Waals surface area contributed by atoms with Crippen LogP contribution in [0.1, 0.15) is 72.6 Å². The lowest BCUT2D eigenvalue weighted by atomic mass is 9.80. The van der Waals surface area contributed by atoms with Crippen LogP contribution in [0.5, 0.6) is 0 Å². The molecule has 0 saturated heterocycles. The van der Waals surface area contributed by atoms with Gasteiger partial charge in [0.2, 0.25) is 0 Å². The molecule has 1 aliphatic carbocycles. The maximum absolute atomic E-state index is 2.40. The highest BCUT2D eigenvalue weighted by Crippen LogP contribution is 2.31. The van der Waals surface area contributed by atoms with Crippen molar-refractivity contribution in [1.29, 1.82) is 0 Å². The standard InChI is InChI=1S/C10H20.C3H8/c1-3-5-10-7-4-6-9(2)8-10;1-3-2/h9-10H,3-8H2,1-2H3;3H2,1-2H3. The Morgan fingerprint density at radius 3 is 2.15 bits per heavy atom. The summed E-state index contributed by atoms with van der Waals surface area (Å²) in [7, 11) is 0. The van der Waals surface area contributed by atoms with Gasteiger partial charge in [-0.2, -0.15) is 0 Å².